The molecule has 0 aliphatic heterocycles. The number of benzene rings is 1. The average Bonchev–Trinajstić information content (AvgIpc) is 2.63. The van der Waals surface area contributed by atoms with Crippen molar-refractivity contribution in [2.45, 2.75) is 91.4 Å². The van der Waals surface area contributed by atoms with Gasteiger partial charge in [-0.25, -0.2) is 0 Å². The fourth-order valence-corrected chi connectivity index (χ4v) is 2.77. The average molecular weight is 362 g/mol. The van der Waals surface area contributed by atoms with Gasteiger partial charge in [0.15, 0.2) is 0 Å². The number of carbonyl (C=O) groups is 1. The summed E-state index contributed by atoms with van der Waals surface area (Å²) in [5.41, 5.74) is 2.86. The van der Waals surface area contributed by atoms with Gasteiger partial charge in [-0.15, -0.1) is 0 Å². The van der Waals surface area contributed by atoms with Crippen LogP contribution in [0.5, 0.6) is 5.75 Å². The zero-order valence-electron chi connectivity index (χ0n) is 18.0. The Bertz CT molecular complexity index is 576. The maximum absolute atomic E-state index is 11.7. The van der Waals surface area contributed by atoms with Crippen LogP contribution in [0.25, 0.3) is 0 Å². The van der Waals surface area contributed by atoms with Gasteiger partial charge in [0.05, 0.1) is 6.61 Å². The highest BCUT2D eigenvalue weighted by atomic mass is 16.5. The summed E-state index contributed by atoms with van der Waals surface area (Å²) < 4.78 is 6.10. The van der Waals surface area contributed by atoms with E-state index in [1.165, 1.54) is 11.1 Å². The molecule has 3 heteroatoms. The van der Waals surface area contributed by atoms with Crippen LogP contribution in [0.15, 0.2) is 18.2 Å². The predicted octanol–water partition coefficient (Wildman–Crippen LogP) is 5.75. The molecule has 0 aliphatic carbocycles. The lowest BCUT2D eigenvalue weighted by molar-refractivity contribution is -0.121. The van der Waals surface area contributed by atoms with Gasteiger partial charge in [-0.2, -0.15) is 0 Å². The lowest BCUT2D eigenvalue weighted by Gasteiger charge is -2.30. The molecule has 0 fully saturated rings. The standard InChI is InChI=1S/C23H39NO2/c1-8-15-24-21(25)12-11-16-26-20-14-13-18(22(4,5)9-2)17-19(20)23(6,7)10-3/h13-14,17H,8-12,15-16H2,1-7H3,(H,24,25). The Balaban J connectivity index is 2.85. The van der Waals surface area contributed by atoms with Crippen LogP contribution >= 0.6 is 0 Å². The number of amides is 1. The molecule has 0 heterocycles. The minimum Gasteiger partial charge on any atom is -0.493 e. The van der Waals surface area contributed by atoms with Crippen molar-refractivity contribution in [3.8, 4) is 5.75 Å². The van der Waals surface area contributed by atoms with Gasteiger partial charge in [0, 0.05) is 18.5 Å². The molecule has 1 amide bonds. The van der Waals surface area contributed by atoms with E-state index in [2.05, 4.69) is 72.0 Å². The maximum Gasteiger partial charge on any atom is 0.220 e. The Kier molecular flexibility index (Phi) is 8.66. The number of nitrogens with one attached hydrogen (secondary N) is 1. The maximum atomic E-state index is 11.7. The Morgan fingerprint density at radius 2 is 1.69 bits per heavy atom. The highest BCUT2D eigenvalue weighted by molar-refractivity contribution is 5.75. The van der Waals surface area contributed by atoms with Crippen molar-refractivity contribution in [2.75, 3.05) is 13.2 Å². The van der Waals surface area contributed by atoms with Crippen LogP contribution in [-0.4, -0.2) is 19.1 Å². The minimum atomic E-state index is 0.0632. The smallest absolute Gasteiger partial charge is 0.220 e. The summed E-state index contributed by atoms with van der Waals surface area (Å²) in [5, 5.41) is 2.91. The van der Waals surface area contributed by atoms with Crippen LogP contribution in [0.2, 0.25) is 0 Å². The molecule has 0 unspecified atom stereocenters. The van der Waals surface area contributed by atoms with Gasteiger partial charge in [0.1, 0.15) is 5.75 Å². The quantitative estimate of drug-likeness (QED) is 0.510. The van der Waals surface area contributed by atoms with Gasteiger partial charge in [-0.05, 0) is 48.1 Å². The van der Waals surface area contributed by atoms with E-state index in [0.717, 1.165) is 38.0 Å². The third-order valence-electron chi connectivity index (χ3n) is 5.64. The van der Waals surface area contributed by atoms with Crippen molar-refractivity contribution >= 4 is 5.91 Å². The fraction of sp³-hybridized carbons (Fsp3) is 0.696. The molecule has 0 atom stereocenters. The summed E-state index contributed by atoms with van der Waals surface area (Å²) in [4.78, 5) is 11.7. The predicted molar refractivity (Wildman–Crippen MR) is 111 cm³/mol. The van der Waals surface area contributed by atoms with Gasteiger partial charge in [-0.1, -0.05) is 60.6 Å². The summed E-state index contributed by atoms with van der Waals surface area (Å²) >= 11 is 0. The molecule has 1 rings (SSSR count). The van der Waals surface area contributed by atoms with E-state index in [-0.39, 0.29) is 16.7 Å². The highest BCUT2D eigenvalue weighted by Gasteiger charge is 2.26. The number of hydrogen-bond donors (Lipinski definition) is 1. The Morgan fingerprint density at radius 1 is 1.04 bits per heavy atom. The second-order valence-electron chi connectivity index (χ2n) is 8.49. The molecule has 0 aliphatic rings. The molecule has 0 bridgehead atoms. The van der Waals surface area contributed by atoms with E-state index >= 15 is 0 Å². The second kappa shape index (κ2) is 9.99. The van der Waals surface area contributed by atoms with E-state index in [0.29, 0.717) is 13.0 Å². The van der Waals surface area contributed by atoms with E-state index in [9.17, 15) is 4.79 Å². The molecule has 148 valence electrons. The molecular formula is C23H39NO2. The monoisotopic (exact) mass is 361 g/mol. The zero-order chi connectivity index (χ0) is 19.8. The molecule has 3 nitrogen and oxygen atoms in total. The van der Waals surface area contributed by atoms with Crippen LogP contribution in [0.3, 0.4) is 0 Å². The first kappa shape index (κ1) is 22.5. The topological polar surface area (TPSA) is 38.3 Å². The first-order chi connectivity index (χ1) is 12.2. The molecule has 0 aromatic heterocycles. The number of rotatable bonds is 11. The Labute approximate surface area is 160 Å². The third kappa shape index (κ3) is 6.34. The van der Waals surface area contributed by atoms with Crippen molar-refractivity contribution in [1.29, 1.82) is 0 Å². The molecule has 0 saturated carbocycles. The van der Waals surface area contributed by atoms with Gasteiger partial charge in [0.2, 0.25) is 5.91 Å². The summed E-state index contributed by atoms with van der Waals surface area (Å²) in [7, 11) is 0. The molecule has 26 heavy (non-hydrogen) atoms. The molecule has 0 saturated heterocycles. The summed E-state index contributed by atoms with van der Waals surface area (Å²) in [6.07, 6.45) is 4.39. The van der Waals surface area contributed by atoms with E-state index in [4.69, 9.17) is 4.74 Å². The van der Waals surface area contributed by atoms with Crippen molar-refractivity contribution in [3.63, 3.8) is 0 Å². The molecule has 1 aromatic rings. The first-order valence-electron chi connectivity index (χ1n) is 10.2. The molecule has 0 spiro atoms. The molecule has 0 radical (unpaired) electrons. The van der Waals surface area contributed by atoms with Crippen LogP contribution in [-0.2, 0) is 15.6 Å². The lowest BCUT2D eigenvalue weighted by atomic mass is 9.76. The molecule has 1 N–H and O–H groups in total. The summed E-state index contributed by atoms with van der Waals surface area (Å²) in [6.45, 7) is 17.0. The van der Waals surface area contributed by atoms with Gasteiger partial charge in [-0.3, -0.25) is 4.79 Å². The highest BCUT2D eigenvalue weighted by Crippen LogP contribution is 2.38. The van der Waals surface area contributed by atoms with Gasteiger partial charge >= 0.3 is 0 Å². The van der Waals surface area contributed by atoms with E-state index < -0.39 is 0 Å². The minimum absolute atomic E-state index is 0.0632. The molecular weight excluding hydrogens is 322 g/mol. The Morgan fingerprint density at radius 3 is 2.27 bits per heavy atom. The van der Waals surface area contributed by atoms with E-state index in [1.54, 1.807) is 0 Å². The van der Waals surface area contributed by atoms with Crippen molar-refractivity contribution < 1.29 is 9.53 Å². The van der Waals surface area contributed by atoms with Crippen molar-refractivity contribution in [2.24, 2.45) is 0 Å². The SMILES string of the molecule is CCCNC(=O)CCCOc1ccc(C(C)(C)CC)cc1C(C)(C)CC. The van der Waals surface area contributed by atoms with Gasteiger partial charge < -0.3 is 10.1 Å². The number of carbonyl (C=O) groups excluding carboxylic acids is 1. The van der Waals surface area contributed by atoms with Crippen LogP contribution in [0.1, 0.15) is 91.7 Å². The fourth-order valence-electron chi connectivity index (χ4n) is 2.77. The molecule has 1 aromatic carbocycles. The zero-order valence-corrected chi connectivity index (χ0v) is 18.0. The lowest BCUT2D eigenvalue weighted by Crippen LogP contribution is -2.24. The largest absolute Gasteiger partial charge is 0.493 e. The number of hydrogen-bond acceptors (Lipinski definition) is 2. The van der Waals surface area contributed by atoms with Crippen LogP contribution < -0.4 is 10.1 Å². The van der Waals surface area contributed by atoms with Crippen molar-refractivity contribution in [1.82, 2.24) is 5.32 Å². The first-order valence-corrected chi connectivity index (χ1v) is 10.2. The summed E-state index contributed by atoms with van der Waals surface area (Å²) in [5.74, 6) is 1.08. The summed E-state index contributed by atoms with van der Waals surface area (Å²) in [6, 6.07) is 6.65. The van der Waals surface area contributed by atoms with Crippen LogP contribution in [0, 0.1) is 0 Å². The number of ether oxygens (including phenoxy) is 1. The third-order valence-corrected chi connectivity index (χ3v) is 5.64. The normalized spacial score (nSPS) is 12.1. The van der Waals surface area contributed by atoms with Crippen molar-refractivity contribution in [3.05, 3.63) is 29.3 Å². The Hall–Kier alpha value is -1.51. The van der Waals surface area contributed by atoms with Crippen LogP contribution in [0.4, 0.5) is 0 Å². The van der Waals surface area contributed by atoms with Gasteiger partial charge in [0.25, 0.3) is 0 Å². The van der Waals surface area contributed by atoms with E-state index in [1.807, 2.05) is 0 Å². The second-order valence-corrected chi connectivity index (χ2v) is 8.49.